The zero-order valence-electron chi connectivity index (χ0n) is 11.0. The molecule has 0 saturated heterocycles. The molecule has 0 saturated carbocycles. The second-order valence-electron chi connectivity index (χ2n) is 3.99. The Labute approximate surface area is 112 Å². The Hall–Kier alpha value is -1.42. The molecular formula is C13H18ClNO3. The third-order valence-corrected chi connectivity index (χ3v) is 3.09. The number of benzene rings is 1. The van der Waals surface area contributed by atoms with Crippen molar-refractivity contribution in [3.8, 4) is 11.5 Å². The van der Waals surface area contributed by atoms with Gasteiger partial charge in [-0.1, -0.05) is 25.4 Å². The first-order chi connectivity index (χ1) is 8.53. The molecule has 0 unspecified atom stereocenters. The van der Waals surface area contributed by atoms with E-state index in [0.29, 0.717) is 22.2 Å². The Morgan fingerprint density at radius 1 is 1.33 bits per heavy atom. The van der Waals surface area contributed by atoms with Crippen molar-refractivity contribution in [3.63, 3.8) is 0 Å². The number of carbonyl (C=O) groups is 1. The second kappa shape index (κ2) is 6.50. The lowest BCUT2D eigenvalue weighted by Gasteiger charge is -2.15. The first-order valence-corrected chi connectivity index (χ1v) is 6.13. The van der Waals surface area contributed by atoms with Crippen LogP contribution in [0.5, 0.6) is 11.5 Å². The first kappa shape index (κ1) is 14.6. The van der Waals surface area contributed by atoms with Gasteiger partial charge in [0.1, 0.15) is 11.5 Å². The fraction of sp³-hybridized carbons (Fsp3) is 0.462. The standard InChI is InChI=1S/C13H18ClNO3/c1-5-8(2)13(16)15-10-7-11(17-3)9(14)6-12(10)18-4/h6-8H,5H2,1-4H3,(H,15,16)/t8-/m0/s1. The van der Waals surface area contributed by atoms with Gasteiger partial charge in [-0.3, -0.25) is 4.79 Å². The van der Waals surface area contributed by atoms with Crippen LogP contribution in [0.4, 0.5) is 5.69 Å². The Balaban J connectivity index is 3.03. The molecule has 0 aliphatic heterocycles. The maximum atomic E-state index is 11.9. The van der Waals surface area contributed by atoms with E-state index in [9.17, 15) is 4.79 Å². The molecule has 0 fully saturated rings. The van der Waals surface area contributed by atoms with Gasteiger partial charge in [-0.05, 0) is 6.42 Å². The molecule has 5 heteroatoms. The first-order valence-electron chi connectivity index (χ1n) is 5.75. The second-order valence-corrected chi connectivity index (χ2v) is 4.39. The van der Waals surface area contributed by atoms with Crippen LogP contribution < -0.4 is 14.8 Å². The number of halogens is 1. The quantitative estimate of drug-likeness (QED) is 0.893. The molecule has 0 aliphatic carbocycles. The molecular weight excluding hydrogens is 254 g/mol. The number of carbonyl (C=O) groups excluding carboxylic acids is 1. The van der Waals surface area contributed by atoms with Crippen molar-refractivity contribution in [1.82, 2.24) is 0 Å². The van der Waals surface area contributed by atoms with Gasteiger partial charge in [-0.15, -0.1) is 0 Å². The van der Waals surface area contributed by atoms with E-state index in [1.165, 1.54) is 14.2 Å². The van der Waals surface area contributed by atoms with Gasteiger partial charge in [-0.2, -0.15) is 0 Å². The van der Waals surface area contributed by atoms with Gasteiger partial charge in [0.2, 0.25) is 5.91 Å². The topological polar surface area (TPSA) is 47.6 Å². The van der Waals surface area contributed by atoms with Crippen LogP contribution in [0, 0.1) is 5.92 Å². The summed E-state index contributed by atoms with van der Waals surface area (Å²) in [5.41, 5.74) is 0.559. The summed E-state index contributed by atoms with van der Waals surface area (Å²) in [6.07, 6.45) is 0.777. The molecule has 18 heavy (non-hydrogen) atoms. The molecule has 0 spiro atoms. The summed E-state index contributed by atoms with van der Waals surface area (Å²) in [5.74, 6) is 0.894. The predicted octanol–water partition coefficient (Wildman–Crippen LogP) is 3.34. The van der Waals surface area contributed by atoms with Gasteiger partial charge < -0.3 is 14.8 Å². The summed E-state index contributed by atoms with van der Waals surface area (Å²) in [4.78, 5) is 11.9. The number of nitrogens with one attached hydrogen (secondary N) is 1. The van der Waals surface area contributed by atoms with E-state index in [4.69, 9.17) is 21.1 Å². The number of methoxy groups -OCH3 is 2. The van der Waals surface area contributed by atoms with E-state index < -0.39 is 0 Å². The van der Waals surface area contributed by atoms with Crippen molar-refractivity contribution in [1.29, 1.82) is 0 Å². The van der Waals surface area contributed by atoms with Crippen LogP contribution in [-0.4, -0.2) is 20.1 Å². The highest BCUT2D eigenvalue weighted by Crippen LogP contribution is 2.36. The Bertz CT molecular complexity index is 434. The number of rotatable bonds is 5. The van der Waals surface area contributed by atoms with Crippen molar-refractivity contribution in [3.05, 3.63) is 17.2 Å². The van der Waals surface area contributed by atoms with E-state index in [0.717, 1.165) is 6.42 Å². The minimum atomic E-state index is -0.0589. The zero-order valence-corrected chi connectivity index (χ0v) is 11.8. The van der Waals surface area contributed by atoms with E-state index in [-0.39, 0.29) is 11.8 Å². The highest BCUT2D eigenvalue weighted by molar-refractivity contribution is 6.32. The van der Waals surface area contributed by atoms with Crippen molar-refractivity contribution < 1.29 is 14.3 Å². The van der Waals surface area contributed by atoms with Gasteiger partial charge in [-0.25, -0.2) is 0 Å². The maximum absolute atomic E-state index is 11.9. The number of hydrogen-bond donors (Lipinski definition) is 1. The van der Waals surface area contributed by atoms with Crippen molar-refractivity contribution >= 4 is 23.2 Å². The average molecular weight is 272 g/mol. The van der Waals surface area contributed by atoms with E-state index in [1.54, 1.807) is 12.1 Å². The summed E-state index contributed by atoms with van der Waals surface area (Å²) < 4.78 is 10.3. The molecule has 1 rings (SSSR count). The lowest BCUT2D eigenvalue weighted by atomic mass is 10.1. The summed E-state index contributed by atoms with van der Waals surface area (Å²) in [7, 11) is 3.05. The lowest BCUT2D eigenvalue weighted by molar-refractivity contribution is -0.119. The Morgan fingerprint density at radius 2 is 1.94 bits per heavy atom. The highest BCUT2D eigenvalue weighted by Gasteiger charge is 2.15. The number of ether oxygens (including phenoxy) is 2. The van der Waals surface area contributed by atoms with Crippen LogP contribution in [0.2, 0.25) is 5.02 Å². The largest absolute Gasteiger partial charge is 0.495 e. The van der Waals surface area contributed by atoms with Crippen molar-refractivity contribution in [2.75, 3.05) is 19.5 Å². The Kier molecular flexibility index (Phi) is 5.28. The van der Waals surface area contributed by atoms with E-state index in [2.05, 4.69) is 5.32 Å². The van der Waals surface area contributed by atoms with E-state index in [1.807, 2.05) is 13.8 Å². The van der Waals surface area contributed by atoms with Crippen molar-refractivity contribution in [2.45, 2.75) is 20.3 Å². The summed E-state index contributed by atoms with van der Waals surface area (Å²) in [5, 5.41) is 3.25. The maximum Gasteiger partial charge on any atom is 0.227 e. The van der Waals surface area contributed by atoms with Crippen molar-refractivity contribution in [2.24, 2.45) is 5.92 Å². The van der Waals surface area contributed by atoms with Crippen LogP contribution >= 0.6 is 11.6 Å². The van der Waals surface area contributed by atoms with Gasteiger partial charge in [0, 0.05) is 18.1 Å². The number of anilines is 1. The monoisotopic (exact) mass is 271 g/mol. The molecule has 0 aromatic heterocycles. The predicted molar refractivity (Wildman–Crippen MR) is 72.6 cm³/mol. The molecule has 1 amide bonds. The molecule has 0 aliphatic rings. The van der Waals surface area contributed by atoms with Gasteiger partial charge in [0.05, 0.1) is 24.9 Å². The summed E-state index contributed by atoms with van der Waals surface area (Å²) >= 11 is 5.99. The molecule has 0 radical (unpaired) electrons. The molecule has 0 heterocycles. The van der Waals surface area contributed by atoms with Gasteiger partial charge >= 0.3 is 0 Å². The molecule has 4 nitrogen and oxygen atoms in total. The SMILES string of the molecule is CC[C@H](C)C(=O)Nc1cc(OC)c(Cl)cc1OC. The van der Waals surface area contributed by atoms with Crippen LogP contribution in [-0.2, 0) is 4.79 Å². The minimum Gasteiger partial charge on any atom is -0.495 e. The molecule has 0 bridgehead atoms. The average Bonchev–Trinajstić information content (AvgIpc) is 2.38. The number of hydrogen-bond acceptors (Lipinski definition) is 3. The lowest BCUT2D eigenvalue weighted by Crippen LogP contribution is -2.20. The molecule has 1 N–H and O–H groups in total. The normalized spacial score (nSPS) is 11.8. The molecule has 1 aromatic rings. The van der Waals surface area contributed by atoms with Gasteiger partial charge in [0.25, 0.3) is 0 Å². The smallest absolute Gasteiger partial charge is 0.227 e. The fourth-order valence-electron chi connectivity index (χ4n) is 1.40. The van der Waals surface area contributed by atoms with Crippen LogP contribution in [0.15, 0.2) is 12.1 Å². The van der Waals surface area contributed by atoms with Gasteiger partial charge in [0.15, 0.2) is 0 Å². The Morgan fingerprint density at radius 3 is 2.44 bits per heavy atom. The third-order valence-electron chi connectivity index (χ3n) is 2.79. The van der Waals surface area contributed by atoms with E-state index >= 15 is 0 Å². The zero-order chi connectivity index (χ0) is 13.7. The van der Waals surface area contributed by atoms with Crippen LogP contribution in [0.3, 0.4) is 0 Å². The van der Waals surface area contributed by atoms with Crippen LogP contribution in [0.25, 0.3) is 0 Å². The fourth-order valence-corrected chi connectivity index (χ4v) is 1.63. The summed E-state index contributed by atoms with van der Waals surface area (Å²) in [6.45, 7) is 3.83. The van der Waals surface area contributed by atoms with Crippen LogP contribution in [0.1, 0.15) is 20.3 Å². The minimum absolute atomic E-state index is 0.0554. The molecule has 1 aromatic carbocycles. The summed E-state index contributed by atoms with van der Waals surface area (Å²) in [6, 6.07) is 3.27. The molecule has 100 valence electrons. The number of amides is 1. The highest BCUT2D eigenvalue weighted by atomic mass is 35.5. The third kappa shape index (κ3) is 3.29. The molecule has 1 atom stereocenters.